The average Bonchev–Trinajstić information content (AvgIpc) is 2.98. The highest BCUT2D eigenvalue weighted by atomic mass is 127. The monoisotopic (exact) mass is 409 g/mol. The molecule has 0 aliphatic carbocycles. The quantitative estimate of drug-likeness (QED) is 0.766. The Morgan fingerprint density at radius 2 is 1.95 bits per heavy atom. The molecule has 0 spiro atoms. The smallest absolute Gasteiger partial charge is 0.194 e. The fraction of sp³-hybridized carbons (Fsp3) is 0.235. The van der Waals surface area contributed by atoms with Crippen LogP contribution in [0.1, 0.15) is 17.2 Å². The molecule has 3 rings (SSSR count). The predicted molar refractivity (Wildman–Crippen MR) is 99.6 cm³/mol. The van der Waals surface area contributed by atoms with Gasteiger partial charge in [0.2, 0.25) is 0 Å². The topological polar surface area (TPSA) is 47.9 Å². The first-order valence-electron chi connectivity index (χ1n) is 7.07. The number of hydrogen-bond donors (Lipinski definition) is 2. The summed E-state index contributed by atoms with van der Waals surface area (Å²) in [5, 5.41) is 13.0. The van der Waals surface area contributed by atoms with Crippen molar-refractivity contribution in [1.29, 1.82) is 0 Å². The van der Waals surface area contributed by atoms with E-state index in [1.165, 1.54) is 5.56 Å². The second-order valence-electron chi connectivity index (χ2n) is 5.30. The first-order chi connectivity index (χ1) is 10.2. The summed E-state index contributed by atoms with van der Waals surface area (Å²) in [5.41, 5.74) is 2.31. The first kappa shape index (κ1) is 16.6. The summed E-state index contributed by atoms with van der Waals surface area (Å²) in [7, 11) is 2.00. The third kappa shape index (κ3) is 3.91. The van der Waals surface area contributed by atoms with Gasteiger partial charge in [-0.3, -0.25) is 4.99 Å². The summed E-state index contributed by atoms with van der Waals surface area (Å²) in [4.78, 5) is 6.65. The average molecular weight is 409 g/mol. The summed E-state index contributed by atoms with van der Waals surface area (Å²) >= 11 is 0. The van der Waals surface area contributed by atoms with E-state index in [4.69, 9.17) is 0 Å². The Morgan fingerprint density at radius 3 is 2.68 bits per heavy atom. The van der Waals surface area contributed by atoms with Gasteiger partial charge in [0, 0.05) is 13.6 Å². The molecule has 1 aliphatic heterocycles. The molecule has 2 aromatic carbocycles. The molecular weight excluding hydrogens is 389 g/mol. The van der Waals surface area contributed by atoms with Crippen molar-refractivity contribution >= 4 is 29.9 Å². The van der Waals surface area contributed by atoms with Crippen LogP contribution in [0.5, 0.6) is 5.75 Å². The summed E-state index contributed by atoms with van der Waals surface area (Å²) < 4.78 is 0. The molecular formula is C17H20IN3O. The summed E-state index contributed by atoms with van der Waals surface area (Å²) in [5.74, 6) is 1.19. The van der Waals surface area contributed by atoms with E-state index in [9.17, 15) is 5.11 Å². The van der Waals surface area contributed by atoms with Crippen LogP contribution in [0, 0.1) is 0 Å². The van der Waals surface area contributed by atoms with E-state index in [1.54, 1.807) is 12.1 Å². The number of halogens is 1. The molecule has 2 N–H and O–H groups in total. The second kappa shape index (κ2) is 7.49. The van der Waals surface area contributed by atoms with E-state index in [0.29, 0.717) is 12.3 Å². The molecule has 0 radical (unpaired) electrons. The van der Waals surface area contributed by atoms with E-state index in [-0.39, 0.29) is 30.0 Å². The Balaban J connectivity index is 0.00000176. The highest BCUT2D eigenvalue weighted by Gasteiger charge is 2.21. The van der Waals surface area contributed by atoms with Gasteiger partial charge in [0.25, 0.3) is 0 Å². The number of rotatable bonds is 3. The molecule has 0 bridgehead atoms. The van der Waals surface area contributed by atoms with E-state index in [1.807, 2.05) is 37.4 Å². The van der Waals surface area contributed by atoms with Crippen LogP contribution in [0.2, 0.25) is 0 Å². The lowest BCUT2D eigenvalue weighted by atomic mass is 10.1. The fourth-order valence-corrected chi connectivity index (χ4v) is 2.53. The number of phenolic OH excluding ortho intramolecular Hbond substituents is 1. The lowest BCUT2D eigenvalue weighted by molar-refractivity contribution is 0.463. The van der Waals surface area contributed by atoms with Gasteiger partial charge >= 0.3 is 0 Å². The number of phenols is 1. The van der Waals surface area contributed by atoms with Gasteiger partial charge in [-0.15, -0.1) is 24.0 Å². The summed E-state index contributed by atoms with van der Waals surface area (Å²) in [6, 6.07) is 17.9. The Kier molecular flexibility index (Phi) is 5.65. The van der Waals surface area contributed by atoms with Crippen LogP contribution in [-0.4, -0.2) is 29.6 Å². The minimum Gasteiger partial charge on any atom is -0.508 e. The third-order valence-corrected chi connectivity index (χ3v) is 3.62. The second-order valence-corrected chi connectivity index (χ2v) is 5.30. The van der Waals surface area contributed by atoms with Crippen molar-refractivity contribution in [2.75, 3.05) is 13.6 Å². The Morgan fingerprint density at radius 1 is 1.18 bits per heavy atom. The maximum atomic E-state index is 9.52. The minimum atomic E-state index is 0. The zero-order valence-corrected chi connectivity index (χ0v) is 14.8. The van der Waals surface area contributed by atoms with Crippen molar-refractivity contribution in [3.8, 4) is 5.75 Å². The van der Waals surface area contributed by atoms with Crippen LogP contribution in [0.4, 0.5) is 0 Å². The lowest BCUT2D eigenvalue weighted by Crippen LogP contribution is -2.36. The van der Waals surface area contributed by atoms with E-state index in [2.05, 4.69) is 27.3 Å². The van der Waals surface area contributed by atoms with Gasteiger partial charge in [0.15, 0.2) is 5.96 Å². The molecule has 116 valence electrons. The molecule has 0 aromatic heterocycles. The molecule has 22 heavy (non-hydrogen) atoms. The molecule has 2 aromatic rings. The van der Waals surface area contributed by atoms with E-state index < -0.39 is 0 Å². The summed E-state index contributed by atoms with van der Waals surface area (Å²) in [6.07, 6.45) is 0. The van der Waals surface area contributed by atoms with Crippen LogP contribution in [-0.2, 0) is 6.54 Å². The largest absolute Gasteiger partial charge is 0.508 e. The van der Waals surface area contributed by atoms with Gasteiger partial charge in [0.1, 0.15) is 5.75 Å². The standard InChI is InChI=1S/C17H19N3O.HI/c1-20(12-13-6-5-9-15(21)10-13)17-18-11-16(19-17)14-7-3-2-4-8-14;/h2-10,16,21H,11-12H2,1H3,(H,18,19);1H. The molecule has 1 aliphatic rings. The van der Waals surface area contributed by atoms with Gasteiger partial charge in [-0.05, 0) is 23.3 Å². The number of nitrogens with one attached hydrogen (secondary N) is 1. The molecule has 0 fully saturated rings. The molecule has 4 nitrogen and oxygen atoms in total. The maximum Gasteiger partial charge on any atom is 0.194 e. The van der Waals surface area contributed by atoms with Gasteiger partial charge < -0.3 is 15.3 Å². The molecule has 1 heterocycles. The fourth-order valence-electron chi connectivity index (χ4n) is 2.53. The molecule has 1 atom stereocenters. The molecule has 0 saturated heterocycles. The van der Waals surface area contributed by atoms with Crippen LogP contribution in [0.15, 0.2) is 59.6 Å². The van der Waals surface area contributed by atoms with Crippen molar-refractivity contribution in [1.82, 2.24) is 10.2 Å². The van der Waals surface area contributed by atoms with Crippen molar-refractivity contribution < 1.29 is 5.11 Å². The van der Waals surface area contributed by atoms with Crippen molar-refractivity contribution in [2.24, 2.45) is 4.99 Å². The van der Waals surface area contributed by atoms with Crippen molar-refractivity contribution in [3.05, 3.63) is 65.7 Å². The zero-order valence-electron chi connectivity index (χ0n) is 12.4. The first-order valence-corrected chi connectivity index (χ1v) is 7.07. The number of aliphatic imine (C=N–C) groups is 1. The maximum absolute atomic E-state index is 9.52. The Labute approximate surface area is 147 Å². The van der Waals surface area contributed by atoms with Gasteiger partial charge in [-0.1, -0.05) is 42.5 Å². The van der Waals surface area contributed by atoms with Crippen molar-refractivity contribution in [2.45, 2.75) is 12.6 Å². The minimum absolute atomic E-state index is 0. The lowest BCUT2D eigenvalue weighted by Gasteiger charge is -2.21. The zero-order chi connectivity index (χ0) is 14.7. The number of hydrogen-bond acceptors (Lipinski definition) is 4. The number of aromatic hydroxyl groups is 1. The van der Waals surface area contributed by atoms with Crippen LogP contribution in [0.3, 0.4) is 0 Å². The van der Waals surface area contributed by atoms with Crippen LogP contribution in [0.25, 0.3) is 0 Å². The van der Waals surface area contributed by atoms with Crippen LogP contribution >= 0.6 is 24.0 Å². The molecule has 0 saturated carbocycles. The Hall–Kier alpha value is -1.76. The van der Waals surface area contributed by atoms with E-state index >= 15 is 0 Å². The van der Waals surface area contributed by atoms with Crippen LogP contribution < -0.4 is 5.32 Å². The normalized spacial score (nSPS) is 16.4. The SMILES string of the molecule is CN(Cc1cccc(O)c1)C1=NCC(c2ccccc2)N1.I. The highest BCUT2D eigenvalue weighted by molar-refractivity contribution is 14.0. The molecule has 0 amide bonds. The van der Waals surface area contributed by atoms with Gasteiger partial charge in [-0.2, -0.15) is 0 Å². The summed E-state index contributed by atoms with van der Waals surface area (Å²) in [6.45, 7) is 1.46. The number of nitrogens with zero attached hydrogens (tertiary/aromatic N) is 2. The highest BCUT2D eigenvalue weighted by Crippen LogP contribution is 2.18. The number of benzene rings is 2. The number of guanidine groups is 1. The van der Waals surface area contributed by atoms with Gasteiger partial charge in [0.05, 0.1) is 12.6 Å². The van der Waals surface area contributed by atoms with Gasteiger partial charge in [-0.25, -0.2) is 0 Å². The van der Waals surface area contributed by atoms with Crippen molar-refractivity contribution in [3.63, 3.8) is 0 Å². The van der Waals surface area contributed by atoms with E-state index in [0.717, 1.165) is 18.1 Å². The predicted octanol–water partition coefficient (Wildman–Crippen LogP) is 3.14. The Bertz CT molecular complexity index is 645. The molecule has 1 unspecified atom stereocenters. The third-order valence-electron chi connectivity index (χ3n) is 3.62. The molecule has 5 heteroatoms.